The Bertz CT molecular complexity index is 746. The molecule has 0 aromatic heterocycles. The number of nitrogens with zero attached hydrogens (tertiary/aromatic N) is 1. The molecule has 0 saturated heterocycles. The van der Waals surface area contributed by atoms with Crippen LogP contribution in [0.3, 0.4) is 0 Å². The van der Waals surface area contributed by atoms with E-state index in [2.05, 4.69) is 5.32 Å². The molecule has 0 aliphatic heterocycles. The Morgan fingerprint density at radius 1 is 1.13 bits per heavy atom. The predicted octanol–water partition coefficient (Wildman–Crippen LogP) is 4.29. The van der Waals surface area contributed by atoms with Crippen molar-refractivity contribution in [1.82, 2.24) is 10.2 Å². The first-order valence-electron chi connectivity index (χ1n) is 11.3. The molecule has 1 aromatic carbocycles. The van der Waals surface area contributed by atoms with Crippen molar-refractivity contribution < 1.29 is 14.3 Å². The molecule has 1 aromatic rings. The number of hydrogen-bond acceptors (Lipinski definition) is 3. The second-order valence-corrected chi connectivity index (χ2v) is 10.1. The Hall–Kier alpha value is -1.75. The average molecular weight is 433 g/mol. The molecule has 0 radical (unpaired) electrons. The monoisotopic (exact) mass is 432 g/mol. The summed E-state index contributed by atoms with van der Waals surface area (Å²) in [6.07, 6.45) is 8.37. The van der Waals surface area contributed by atoms with Gasteiger partial charge in [0.15, 0.2) is 0 Å². The van der Waals surface area contributed by atoms with E-state index in [1.807, 2.05) is 18.2 Å². The standard InChI is InChI=1S/C24H33ClN2O3/c1-27(9-10-30-21-6-3-2-5-20(21)25)22(28)7-4-8-26-23(29)24-14-17-11-18(15-24)13-19(12-17)16-24/h2-3,5-6,17-19H,4,7-16H2,1H3,(H,26,29). The van der Waals surface area contributed by atoms with Gasteiger partial charge in [0.05, 0.1) is 11.6 Å². The SMILES string of the molecule is CN(CCOc1ccccc1Cl)C(=O)CCCNC(=O)C12CC3CC(CC(C3)C1)C2. The lowest BCUT2D eigenvalue weighted by Crippen LogP contribution is -2.53. The lowest BCUT2D eigenvalue weighted by molar-refractivity contribution is -0.146. The maximum Gasteiger partial charge on any atom is 0.226 e. The molecule has 4 aliphatic carbocycles. The van der Waals surface area contributed by atoms with Gasteiger partial charge in [-0.05, 0) is 74.8 Å². The van der Waals surface area contributed by atoms with Crippen molar-refractivity contribution in [2.45, 2.75) is 51.4 Å². The quantitative estimate of drug-likeness (QED) is 0.592. The zero-order chi connectivity index (χ0) is 21.1. The van der Waals surface area contributed by atoms with Crippen molar-refractivity contribution >= 4 is 23.4 Å². The highest BCUT2D eigenvalue weighted by Gasteiger charge is 2.54. The number of para-hydroxylation sites is 1. The summed E-state index contributed by atoms with van der Waals surface area (Å²) < 4.78 is 5.65. The van der Waals surface area contributed by atoms with Crippen LogP contribution in [0, 0.1) is 23.2 Å². The number of benzene rings is 1. The van der Waals surface area contributed by atoms with Gasteiger partial charge in [0.2, 0.25) is 11.8 Å². The molecule has 0 unspecified atom stereocenters. The van der Waals surface area contributed by atoms with E-state index in [4.69, 9.17) is 16.3 Å². The molecular formula is C24H33ClN2O3. The van der Waals surface area contributed by atoms with E-state index < -0.39 is 0 Å². The third kappa shape index (κ3) is 4.77. The first-order chi connectivity index (χ1) is 14.4. The maximum absolute atomic E-state index is 12.9. The fourth-order valence-corrected chi connectivity index (χ4v) is 6.38. The molecular weight excluding hydrogens is 400 g/mol. The lowest BCUT2D eigenvalue weighted by Gasteiger charge is -2.55. The van der Waals surface area contributed by atoms with Crippen LogP contribution in [0.25, 0.3) is 0 Å². The third-order valence-corrected chi connectivity index (χ3v) is 7.63. The van der Waals surface area contributed by atoms with Gasteiger partial charge in [-0.15, -0.1) is 0 Å². The van der Waals surface area contributed by atoms with Crippen LogP contribution in [0.15, 0.2) is 24.3 Å². The van der Waals surface area contributed by atoms with Gasteiger partial charge < -0.3 is 15.0 Å². The zero-order valence-corrected chi connectivity index (χ0v) is 18.6. The fourth-order valence-electron chi connectivity index (χ4n) is 6.19. The van der Waals surface area contributed by atoms with Gasteiger partial charge in [-0.2, -0.15) is 0 Å². The first kappa shape index (κ1) is 21.5. The van der Waals surface area contributed by atoms with Crippen LogP contribution < -0.4 is 10.1 Å². The molecule has 1 N–H and O–H groups in total. The summed E-state index contributed by atoms with van der Waals surface area (Å²) in [7, 11) is 1.78. The highest BCUT2D eigenvalue weighted by atomic mass is 35.5. The molecule has 5 nitrogen and oxygen atoms in total. The summed E-state index contributed by atoms with van der Waals surface area (Å²) in [6.45, 7) is 1.48. The topological polar surface area (TPSA) is 58.6 Å². The van der Waals surface area contributed by atoms with Gasteiger partial charge in [0.1, 0.15) is 12.4 Å². The summed E-state index contributed by atoms with van der Waals surface area (Å²) in [5.74, 6) is 3.26. The largest absolute Gasteiger partial charge is 0.490 e. The van der Waals surface area contributed by atoms with Crippen molar-refractivity contribution in [3.8, 4) is 5.75 Å². The minimum atomic E-state index is -0.106. The number of carbonyl (C=O) groups excluding carboxylic acids is 2. The molecule has 0 spiro atoms. The molecule has 30 heavy (non-hydrogen) atoms. The van der Waals surface area contributed by atoms with E-state index in [-0.39, 0.29) is 17.2 Å². The maximum atomic E-state index is 12.9. The predicted molar refractivity (Wildman–Crippen MR) is 117 cm³/mol. The second kappa shape index (κ2) is 9.17. The Balaban J connectivity index is 1.14. The van der Waals surface area contributed by atoms with Gasteiger partial charge in [-0.3, -0.25) is 9.59 Å². The number of halogens is 1. The number of carbonyl (C=O) groups is 2. The summed E-state index contributed by atoms with van der Waals surface area (Å²) in [4.78, 5) is 27.0. The molecule has 4 aliphatic rings. The van der Waals surface area contributed by atoms with E-state index in [0.717, 1.165) is 37.0 Å². The lowest BCUT2D eigenvalue weighted by atomic mass is 9.49. The van der Waals surface area contributed by atoms with Crippen molar-refractivity contribution in [1.29, 1.82) is 0 Å². The number of rotatable bonds is 9. The average Bonchev–Trinajstić information content (AvgIpc) is 2.71. The van der Waals surface area contributed by atoms with Gasteiger partial charge in [0, 0.05) is 25.4 Å². The molecule has 4 saturated carbocycles. The van der Waals surface area contributed by atoms with Crippen LogP contribution in [-0.2, 0) is 9.59 Å². The highest BCUT2D eigenvalue weighted by Crippen LogP contribution is 2.60. The smallest absolute Gasteiger partial charge is 0.226 e. The van der Waals surface area contributed by atoms with E-state index in [1.165, 1.54) is 19.3 Å². The van der Waals surface area contributed by atoms with E-state index >= 15 is 0 Å². The normalized spacial score (nSPS) is 28.9. The minimum Gasteiger partial charge on any atom is -0.490 e. The number of likely N-dealkylation sites (N-methyl/N-ethyl adjacent to an activating group) is 1. The van der Waals surface area contributed by atoms with Gasteiger partial charge in [-0.25, -0.2) is 0 Å². The fraction of sp³-hybridized carbons (Fsp3) is 0.667. The number of nitrogens with one attached hydrogen (secondary N) is 1. The number of ether oxygens (including phenoxy) is 1. The Morgan fingerprint density at radius 2 is 1.77 bits per heavy atom. The van der Waals surface area contributed by atoms with Crippen molar-refractivity contribution in [2.24, 2.45) is 23.2 Å². The zero-order valence-electron chi connectivity index (χ0n) is 17.9. The Kier molecular flexibility index (Phi) is 6.57. The molecule has 0 atom stereocenters. The second-order valence-electron chi connectivity index (χ2n) is 9.65. The summed E-state index contributed by atoms with van der Waals surface area (Å²) in [5, 5.41) is 3.73. The van der Waals surface area contributed by atoms with E-state index in [9.17, 15) is 9.59 Å². The van der Waals surface area contributed by atoms with Crippen LogP contribution in [0.1, 0.15) is 51.4 Å². The van der Waals surface area contributed by atoms with Crippen LogP contribution in [0.4, 0.5) is 0 Å². The van der Waals surface area contributed by atoms with Gasteiger partial charge >= 0.3 is 0 Å². The molecule has 2 amide bonds. The number of amides is 2. The molecule has 164 valence electrons. The van der Waals surface area contributed by atoms with Gasteiger partial charge in [0.25, 0.3) is 0 Å². The van der Waals surface area contributed by atoms with E-state index in [1.54, 1.807) is 18.0 Å². The highest BCUT2D eigenvalue weighted by molar-refractivity contribution is 6.32. The molecule has 5 rings (SSSR count). The van der Waals surface area contributed by atoms with Crippen molar-refractivity contribution in [3.05, 3.63) is 29.3 Å². The van der Waals surface area contributed by atoms with Crippen LogP contribution in [-0.4, -0.2) is 43.5 Å². The van der Waals surface area contributed by atoms with Crippen molar-refractivity contribution in [2.75, 3.05) is 26.7 Å². The van der Waals surface area contributed by atoms with Crippen LogP contribution in [0.5, 0.6) is 5.75 Å². The molecule has 0 heterocycles. The van der Waals surface area contributed by atoms with Crippen molar-refractivity contribution in [3.63, 3.8) is 0 Å². The number of hydrogen-bond donors (Lipinski definition) is 1. The molecule has 4 bridgehead atoms. The van der Waals surface area contributed by atoms with Gasteiger partial charge in [-0.1, -0.05) is 23.7 Å². The van der Waals surface area contributed by atoms with E-state index in [0.29, 0.717) is 43.3 Å². The Morgan fingerprint density at radius 3 is 2.40 bits per heavy atom. The minimum absolute atomic E-state index is 0.0711. The third-order valence-electron chi connectivity index (χ3n) is 7.32. The molecule has 4 fully saturated rings. The first-order valence-corrected chi connectivity index (χ1v) is 11.7. The Labute approximate surface area is 184 Å². The van der Waals surface area contributed by atoms with Crippen LogP contribution in [0.2, 0.25) is 5.02 Å². The summed E-state index contributed by atoms with van der Waals surface area (Å²) in [5.41, 5.74) is -0.106. The summed E-state index contributed by atoms with van der Waals surface area (Å²) >= 11 is 6.07. The van der Waals surface area contributed by atoms with Crippen LogP contribution >= 0.6 is 11.6 Å². The summed E-state index contributed by atoms with van der Waals surface area (Å²) in [6, 6.07) is 7.32. The molecule has 6 heteroatoms.